The maximum Gasteiger partial charge on any atom is 0.0646 e. The van der Waals surface area contributed by atoms with Crippen molar-refractivity contribution in [3.05, 3.63) is 0 Å². The summed E-state index contributed by atoms with van der Waals surface area (Å²) in [4.78, 5) is 0. The zero-order valence-electron chi connectivity index (χ0n) is 10.3. The van der Waals surface area contributed by atoms with Gasteiger partial charge < -0.3 is 10.5 Å². The van der Waals surface area contributed by atoms with E-state index >= 15 is 0 Å². The summed E-state index contributed by atoms with van der Waals surface area (Å²) in [6.45, 7) is 3.91. The summed E-state index contributed by atoms with van der Waals surface area (Å²) in [5, 5.41) is 0. The van der Waals surface area contributed by atoms with Gasteiger partial charge in [-0.05, 0) is 19.3 Å². The Balaban J connectivity index is 1.98. The predicted molar refractivity (Wildman–Crippen MR) is 65.0 cm³/mol. The van der Waals surface area contributed by atoms with Crippen molar-refractivity contribution in [2.45, 2.75) is 70.3 Å². The molecule has 0 aliphatic heterocycles. The molecule has 0 bridgehead atoms. The van der Waals surface area contributed by atoms with E-state index in [1.807, 2.05) is 0 Å². The first-order chi connectivity index (χ1) is 7.27. The monoisotopic (exact) mass is 213 g/mol. The topological polar surface area (TPSA) is 35.2 Å². The Morgan fingerprint density at radius 3 is 2.47 bits per heavy atom. The van der Waals surface area contributed by atoms with Gasteiger partial charge in [0.15, 0.2) is 0 Å². The van der Waals surface area contributed by atoms with Crippen molar-refractivity contribution < 1.29 is 4.74 Å². The minimum Gasteiger partial charge on any atom is -0.380 e. The van der Waals surface area contributed by atoms with Gasteiger partial charge in [0, 0.05) is 12.1 Å². The molecule has 1 saturated carbocycles. The predicted octanol–water partition coefficient (Wildman–Crippen LogP) is 3.24. The number of hydrogen-bond acceptors (Lipinski definition) is 2. The third-order valence-corrected chi connectivity index (χ3v) is 3.38. The van der Waals surface area contributed by atoms with Crippen LogP contribution in [-0.4, -0.2) is 18.8 Å². The van der Waals surface area contributed by atoms with Crippen LogP contribution in [0.15, 0.2) is 0 Å². The molecular weight excluding hydrogens is 186 g/mol. The van der Waals surface area contributed by atoms with Gasteiger partial charge in [0.2, 0.25) is 0 Å². The van der Waals surface area contributed by atoms with Gasteiger partial charge >= 0.3 is 0 Å². The van der Waals surface area contributed by atoms with Gasteiger partial charge in [0.25, 0.3) is 0 Å². The Hall–Kier alpha value is -0.0800. The van der Waals surface area contributed by atoms with Crippen LogP contribution in [0.25, 0.3) is 0 Å². The Labute approximate surface area is 94.6 Å². The number of rotatable bonds is 7. The van der Waals surface area contributed by atoms with Crippen LogP contribution in [0.5, 0.6) is 0 Å². The van der Waals surface area contributed by atoms with Crippen molar-refractivity contribution >= 4 is 0 Å². The second-order valence-electron chi connectivity index (χ2n) is 5.04. The first-order valence-electron chi connectivity index (χ1n) is 6.63. The first kappa shape index (κ1) is 13.0. The highest BCUT2D eigenvalue weighted by atomic mass is 16.5. The third-order valence-electron chi connectivity index (χ3n) is 3.38. The highest BCUT2D eigenvalue weighted by molar-refractivity contribution is 4.86. The summed E-state index contributed by atoms with van der Waals surface area (Å²) in [5.41, 5.74) is 6.28. The molecule has 90 valence electrons. The molecule has 2 nitrogen and oxygen atoms in total. The number of nitrogens with two attached hydrogens (primary N) is 1. The van der Waals surface area contributed by atoms with Crippen LogP contribution in [0.4, 0.5) is 0 Å². The van der Waals surface area contributed by atoms with Crippen LogP contribution in [0.2, 0.25) is 0 Å². The van der Waals surface area contributed by atoms with Gasteiger partial charge in [-0.1, -0.05) is 45.4 Å². The molecule has 1 aliphatic carbocycles. The Kier molecular flexibility index (Phi) is 6.26. The molecule has 0 aromatic carbocycles. The number of unbranched alkanes of at least 4 members (excludes halogenated alkanes) is 3. The van der Waals surface area contributed by atoms with Crippen LogP contribution < -0.4 is 5.73 Å². The fraction of sp³-hybridized carbons (Fsp3) is 1.00. The molecule has 0 unspecified atom stereocenters. The lowest BCUT2D eigenvalue weighted by Gasteiger charge is -2.33. The lowest BCUT2D eigenvalue weighted by Crippen LogP contribution is -2.46. The van der Waals surface area contributed by atoms with E-state index in [1.54, 1.807) is 0 Å². The molecule has 0 atom stereocenters. The van der Waals surface area contributed by atoms with E-state index in [-0.39, 0.29) is 5.54 Å². The van der Waals surface area contributed by atoms with E-state index in [0.717, 1.165) is 26.1 Å². The molecule has 0 aromatic heterocycles. The molecule has 0 spiro atoms. The highest BCUT2D eigenvalue weighted by Gasteiger charge is 2.27. The van der Waals surface area contributed by atoms with Crippen molar-refractivity contribution in [1.82, 2.24) is 0 Å². The van der Waals surface area contributed by atoms with E-state index in [1.165, 1.54) is 44.9 Å². The average Bonchev–Trinajstić information content (AvgIpc) is 2.24. The fourth-order valence-electron chi connectivity index (χ4n) is 2.31. The maximum absolute atomic E-state index is 6.27. The molecule has 0 heterocycles. The van der Waals surface area contributed by atoms with Crippen LogP contribution in [0, 0.1) is 0 Å². The normalized spacial score (nSPS) is 20.4. The maximum atomic E-state index is 6.27. The van der Waals surface area contributed by atoms with Crippen molar-refractivity contribution in [3.8, 4) is 0 Å². The molecule has 1 rings (SSSR count). The van der Waals surface area contributed by atoms with Crippen LogP contribution in [0.3, 0.4) is 0 Å². The molecule has 2 heteroatoms. The largest absolute Gasteiger partial charge is 0.380 e. The smallest absolute Gasteiger partial charge is 0.0646 e. The molecule has 0 radical (unpaired) electrons. The summed E-state index contributed by atoms with van der Waals surface area (Å²) in [7, 11) is 0. The van der Waals surface area contributed by atoms with Crippen molar-refractivity contribution in [2.24, 2.45) is 5.73 Å². The molecule has 1 fully saturated rings. The summed E-state index contributed by atoms with van der Waals surface area (Å²) in [6.07, 6.45) is 11.4. The fourth-order valence-corrected chi connectivity index (χ4v) is 2.31. The minimum absolute atomic E-state index is 0.00298. The van der Waals surface area contributed by atoms with Gasteiger partial charge in [0.05, 0.1) is 6.61 Å². The zero-order chi connectivity index (χ0) is 11.0. The van der Waals surface area contributed by atoms with Gasteiger partial charge in [0.1, 0.15) is 0 Å². The quantitative estimate of drug-likeness (QED) is 0.659. The SMILES string of the molecule is CCCCCCOCC1(N)CCCCC1. The van der Waals surface area contributed by atoms with Gasteiger partial charge in [-0.25, -0.2) is 0 Å². The van der Waals surface area contributed by atoms with E-state index in [4.69, 9.17) is 10.5 Å². The molecule has 2 N–H and O–H groups in total. The van der Waals surface area contributed by atoms with Gasteiger partial charge in [-0.2, -0.15) is 0 Å². The van der Waals surface area contributed by atoms with E-state index in [0.29, 0.717) is 0 Å². The first-order valence-corrected chi connectivity index (χ1v) is 6.63. The molecule has 0 amide bonds. The standard InChI is InChI=1S/C13H27NO/c1-2-3-4-8-11-15-12-13(14)9-6-5-7-10-13/h2-12,14H2,1H3. The Bertz CT molecular complexity index is 153. The van der Waals surface area contributed by atoms with Crippen molar-refractivity contribution in [3.63, 3.8) is 0 Å². The molecule has 15 heavy (non-hydrogen) atoms. The highest BCUT2D eigenvalue weighted by Crippen LogP contribution is 2.25. The summed E-state index contributed by atoms with van der Waals surface area (Å²) in [5.74, 6) is 0. The van der Waals surface area contributed by atoms with E-state index in [2.05, 4.69) is 6.92 Å². The van der Waals surface area contributed by atoms with Gasteiger partial charge in [-0.3, -0.25) is 0 Å². The Morgan fingerprint density at radius 2 is 1.80 bits per heavy atom. The lowest BCUT2D eigenvalue weighted by molar-refractivity contribution is 0.0656. The summed E-state index contributed by atoms with van der Waals surface area (Å²) >= 11 is 0. The average molecular weight is 213 g/mol. The van der Waals surface area contributed by atoms with Crippen LogP contribution in [0.1, 0.15) is 64.7 Å². The molecule has 1 aliphatic rings. The molecule has 0 aromatic rings. The minimum atomic E-state index is 0.00298. The number of hydrogen-bond donors (Lipinski definition) is 1. The number of ether oxygens (including phenoxy) is 1. The van der Waals surface area contributed by atoms with Gasteiger partial charge in [-0.15, -0.1) is 0 Å². The van der Waals surface area contributed by atoms with Crippen molar-refractivity contribution in [1.29, 1.82) is 0 Å². The van der Waals surface area contributed by atoms with Crippen molar-refractivity contribution in [2.75, 3.05) is 13.2 Å². The van der Waals surface area contributed by atoms with E-state index < -0.39 is 0 Å². The summed E-state index contributed by atoms with van der Waals surface area (Å²) < 4.78 is 5.70. The second kappa shape index (κ2) is 7.24. The van der Waals surface area contributed by atoms with Crippen LogP contribution in [-0.2, 0) is 4.74 Å². The molecular formula is C13H27NO. The molecule has 0 saturated heterocycles. The van der Waals surface area contributed by atoms with Crippen LogP contribution >= 0.6 is 0 Å². The third kappa shape index (κ3) is 5.53. The zero-order valence-corrected chi connectivity index (χ0v) is 10.3. The lowest BCUT2D eigenvalue weighted by atomic mass is 9.83. The Morgan fingerprint density at radius 1 is 1.07 bits per heavy atom. The second-order valence-corrected chi connectivity index (χ2v) is 5.04. The summed E-state index contributed by atoms with van der Waals surface area (Å²) in [6, 6.07) is 0. The van der Waals surface area contributed by atoms with E-state index in [9.17, 15) is 0 Å².